The minimum Gasteiger partial charge on any atom is 0 e. The molecule has 5 heterocycles. The van der Waals surface area contributed by atoms with Crippen LogP contribution in [0.2, 0.25) is 17.3 Å². The van der Waals surface area contributed by atoms with Crippen molar-refractivity contribution in [2.75, 3.05) is 0 Å². The Labute approximate surface area is 401 Å². The minimum absolute atomic E-state index is 0. The average Bonchev–Trinajstić information content (AvgIpc) is 3.90. The van der Waals surface area contributed by atoms with Crippen LogP contribution in [0, 0.1) is 18.1 Å². The van der Waals surface area contributed by atoms with Crippen LogP contribution in [0.4, 0.5) is 0 Å². The Morgan fingerprint density at radius 2 is 1.46 bits per heavy atom. The number of nitrogens with zero attached hydrogens (tertiary/aromatic N) is 5. The van der Waals surface area contributed by atoms with Crippen LogP contribution in [0.1, 0.15) is 48.5 Å². The van der Waals surface area contributed by atoms with E-state index in [0.717, 1.165) is 71.4 Å². The molecule has 0 spiro atoms. The van der Waals surface area contributed by atoms with Crippen molar-refractivity contribution in [2.45, 2.75) is 63.7 Å². The molecule has 0 aliphatic rings. The van der Waals surface area contributed by atoms with Crippen LogP contribution in [-0.4, -0.2) is 37.8 Å². The average molecular weight is 1090 g/mol. The molecular formula is C57H53GeIrN5O-2. The van der Waals surface area contributed by atoms with Gasteiger partial charge in [0.2, 0.25) is 5.71 Å². The fourth-order valence-corrected chi connectivity index (χ4v) is 11.2. The summed E-state index contributed by atoms with van der Waals surface area (Å²) in [6.07, 6.45) is 4.23. The van der Waals surface area contributed by atoms with Gasteiger partial charge in [0.1, 0.15) is 0 Å². The molecule has 0 atom stereocenters. The van der Waals surface area contributed by atoms with Crippen LogP contribution < -0.4 is 4.40 Å². The van der Waals surface area contributed by atoms with E-state index < -0.39 is 19.6 Å². The topological polar surface area (TPSA) is 69.6 Å². The van der Waals surface area contributed by atoms with Gasteiger partial charge in [0.05, 0.1) is 34.3 Å². The summed E-state index contributed by atoms with van der Waals surface area (Å²) in [7, 11) is 0. The van der Waals surface area contributed by atoms with E-state index in [0.29, 0.717) is 11.3 Å². The number of rotatable bonds is 8. The molecule has 0 saturated heterocycles. The molecule has 8 heteroatoms. The summed E-state index contributed by atoms with van der Waals surface area (Å²) in [6, 6.07) is 53.8. The van der Waals surface area contributed by atoms with Gasteiger partial charge in [0.25, 0.3) is 0 Å². The van der Waals surface area contributed by atoms with Crippen molar-refractivity contribution < 1.29 is 27.3 Å². The second kappa shape index (κ2) is 18.9. The van der Waals surface area contributed by atoms with Crippen molar-refractivity contribution in [3.63, 3.8) is 0 Å². The Morgan fingerprint density at radius 3 is 2.15 bits per heavy atom. The number of fused-ring (bicyclic) bond motifs is 4. The van der Waals surface area contributed by atoms with E-state index in [4.69, 9.17) is 17.1 Å². The molecule has 5 aromatic heterocycles. The maximum absolute atomic E-state index is 8.56. The smallest absolute Gasteiger partial charge is 0 e. The first kappa shape index (κ1) is 42.9. The normalized spacial score (nSPS) is 12.4. The third kappa shape index (κ3) is 9.56. The number of hydrogen-bond acceptors (Lipinski definition) is 5. The Balaban J connectivity index is 0.000000224. The first-order valence-electron chi connectivity index (χ1n) is 22.9. The molecule has 65 heavy (non-hydrogen) atoms. The molecule has 0 N–H and O–H groups in total. The maximum Gasteiger partial charge on any atom is 0 e. The van der Waals surface area contributed by atoms with Gasteiger partial charge in [-0.2, -0.15) is 0 Å². The van der Waals surface area contributed by atoms with E-state index in [1.54, 1.807) is 6.20 Å². The van der Waals surface area contributed by atoms with Gasteiger partial charge in [-0.05, 0) is 52.4 Å². The van der Waals surface area contributed by atoms with Gasteiger partial charge >= 0.3 is 128 Å². The molecule has 0 fully saturated rings. The number of furan rings is 1. The number of benzene rings is 5. The number of imidazole rings is 1. The summed E-state index contributed by atoms with van der Waals surface area (Å²) in [5.74, 6) is 7.52. The Morgan fingerprint density at radius 1 is 0.723 bits per heavy atom. The summed E-state index contributed by atoms with van der Waals surface area (Å²) in [4.78, 5) is 19.2. The van der Waals surface area contributed by atoms with E-state index in [1.807, 2.05) is 105 Å². The fraction of sp³-hybridized carbons (Fsp3) is 0.193. The molecule has 1 radical (unpaired) electrons. The SMILES string of the molecule is CC(C)(C)c1cc(-c2ccccc2)ccc1-n1c(-c2[c-]ccc3c2oc2nc(-c4ccccc4)ccc23)nc2ccncc21.[2H]C([2H])(c1cc(-c2[c-]cccc2)nc[c]1[Ge]([CH3])([CH3])[CH3])C(C)C.[Ir]. The molecule has 0 unspecified atom stereocenters. The Kier molecular flexibility index (Phi) is 12.5. The van der Waals surface area contributed by atoms with Gasteiger partial charge in [-0.3, -0.25) is 9.97 Å². The predicted octanol–water partition coefficient (Wildman–Crippen LogP) is 14.1. The molecule has 10 rings (SSSR count). The molecule has 327 valence electrons. The van der Waals surface area contributed by atoms with Gasteiger partial charge in [0, 0.05) is 42.9 Å². The standard InChI is InChI=1S/C39H29N4O.C18H24GeN.Ir/c1-39(2,3)31-23-27(25-11-6-4-7-12-25)17-20-34(31)43-35-24-40-22-21-33(35)41-37(43)30-16-10-15-28-29-18-19-32(26-13-8-5-9-14-26)42-38(29)44-36(28)30;1-14(2)11-16-12-18(15-9-7-6-8-10-15)20-13-17(16)19(3,4)5;/h4-15,17-24H,1-3H3;6-9,12-14H,11H2,1-5H3;/q2*-1;/i;11D2;. The zero-order valence-electron chi connectivity index (χ0n) is 40.1. The van der Waals surface area contributed by atoms with Gasteiger partial charge < -0.3 is 8.98 Å². The van der Waals surface area contributed by atoms with Crippen molar-refractivity contribution in [2.24, 2.45) is 5.92 Å². The predicted molar refractivity (Wildman–Crippen MR) is 268 cm³/mol. The number of aromatic nitrogens is 5. The first-order chi connectivity index (χ1) is 31.6. The van der Waals surface area contributed by atoms with Crippen LogP contribution in [-0.2, 0) is 31.9 Å². The quantitative estimate of drug-likeness (QED) is 0.112. The Bertz CT molecular complexity index is 3340. The third-order valence-corrected chi connectivity index (χ3v) is 15.6. The molecule has 10 aromatic rings. The largest absolute Gasteiger partial charge is 0 e. The van der Waals surface area contributed by atoms with Crippen molar-refractivity contribution >= 4 is 50.8 Å². The zero-order valence-corrected chi connectivity index (χ0v) is 42.6. The van der Waals surface area contributed by atoms with Crippen molar-refractivity contribution in [3.8, 4) is 50.7 Å². The molecular weight excluding hydrogens is 1040 g/mol. The first-order valence-corrected chi connectivity index (χ1v) is 29.2. The summed E-state index contributed by atoms with van der Waals surface area (Å²) < 4.78 is 27.0. The van der Waals surface area contributed by atoms with Crippen molar-refractivity contribution in [1.29, 1.82) is 0 Å². The van der Waals surface area contributed by atoms with Crippen LogP contribution in [0.25, 0.3) is 83.8 Å². The summed E-state index contributed by atoms with van der Waals surface area (Å²) >= 11 is -2.20. The number of pyridine rings is 3. The van der Waals surface area contributed by atoms with E-state index in [-0.39, 0.29) is 31.4 Å². The summed E-state index contributed by atoms with van der Waals surface area (Å²) in [5.41, 5.74) is 12.8. The summed E-state index contributed by atoms with van der Waals surface area (Å²) in [5, 5.41) is 1.94. The molecule has 5 aromatic carbocycles. The second-order valence-electron chi connectivity index (χ2n) is 18.5. The monoisotopic (exact) mass is 1090 g/mol. The van der Waals surface area contributed by atoms with Gasteiger partial charge in [-0.25, -0.2) is 4.98 Å². The van der Waals surface area contributed by atoms with E-state index in [9.17, 15) is 0 Å². The molecule has 0 aliphatic carbocycles. The molecule has 6 nitrogen and oxygen atoms in total. The molecule has 0 bridgehead atoms. The van der Waals surface area contributed by atoms with Gasteiger partial charge in [-0.15, -0.1) is 18.2 Å². The number of hydrogen-bond donors (Lipinski definition) is 0. The summed E-state index contributed by atoms with van der Waals surface area (Å²) in [6.45, 7) is 10.6. The van der Waals surface area contributed by atoms with Crippen LogP contribution in [0.5, 0.6) is 0 Å². The van der Waals surface area contributed by atoms with E-state index >= 15 is 0 Å². The molecule has 0 amide bonds. The van der Waals surface area contributed by atoms with Crippen molar-refractivity contribution in [3.05, 3.63) is 181 Å². The zero-order chi connectivity index (χ0) is 46.4. The third-order valence-electron chi connectivity index (χ3n) is 11.3. The van der Waals surface area contributed by atoms with E-state index in [1.165, 1.54) is 16.7 Å². The van der Waals surface area contributed by atoms with Crippen LogP contribution in [0.15, 0.2) is 163 Å². The van der Waals surface area contributed by atoms with Gasteiger partial charge in [-0.1, -0.05) is 98.5 Å². The second-order valence-corrected chi connectivity index (χ2v) is 29.1. The van der Waals surface area contributed by atoms with Gasteiger partial charge in [0.15, 0.2) is 0 Å². The molecule has 0 aliphatic heterocycles. The maximum atomic E-state index is 8.56. The van der Waals surface area contributed by atoms with Crippen molar-refractivity contribution in [1.82, 2.24) is 24.5 Å². The minimum atomic E-state index is -2.20. The fourth-order valence-electron chi connectivity index (χ4n) is 8.22. The molecule has 0 saturated carbocycles. The van der Waals surface area contributed by atoms with Crippen LogP contribution >= 0.6 is 0 Å². The van der Waals surface area contributed by atoms with Crippen LogP contribution in [0.3, 0.4) is 0 Å². The Hall–Kier alpha value is -5.99. The van der Waals surface area contributed by atoms with E-state index in [2.05, 4.69) is 125 Å².